The number of fused-ring (bicyclic) bond motifs is 4. The lowest BCUT2D eigenvalue weighted by atomic mass is 9.52. The van der Waals surface area contributed by atoms with Gasteiger partial charge in [0.1, 0.15) is 23.7 Å². The van der Waals surface area contributed by atoms with Gasteiger partial charge in [-0.2, -0.15) is 0 Å². The van der Waals surface area contributed by atoms with Crippen molar-refractivity contribution in [2.24, 2.45) is 0 Å². The largest absolute Gasteiger partial charge is 0.453 e. The number of nitrogens with one attached hydrogen (secondary N) is 4. The number of nitrogens with zero attached hydrogens (tertiary/aromatic N) is 5. The number of imidazole rings is 2. The number of benzene rings is 1. The first-order chi connectivity index (χ1) is 27.0. The van der Waals surface area contributed by atoms with Gasteiger partial charge in [-0.05, 0) is 96.3 Å². The monoisotopic (exact) mass is 765 g/mol. The summed E-state index contributed by atoms with van der Waals surface area (Å²) in [6, 6.07) is 8.98. The number of amides is 4. The highest BCUT2D eigenvalue weighted by Crippen LogP contribution is 2.58. The number of methoxy groups -OCH3 is 2. The Balaban J connectivity index is 0.927. The van der Waals surface area contributed by atoms with Crippen LogP contribution in [0.5, 0.6) is 0 Å². The molecule has 4 atom stereocenters. The fourth-order valence-electron chi connectivity index (χ4n) is 9.71. The minimum Gasteiger partial charge on any atom is -0.453 e. The van der Waals surface area contributed by atoms with Crippen LogP contribution in [0.2, 0.25) is 0 Å². The van der Waals surface area contributed by atoms with E-state index in [1.165, 1.54) is 19.9 Å². The molecule has 1 aromatic carbocycles. The van der Waals surface area contributed by atoms with E-state index in [0.29, 0.717) is 13.1 Å². The molecule has 5 aliphatic rings. The number of H-pyrrole nitrogens is 2. The Kier molecular flexibility index (Phi) is 9.95. The van der Waals surface area contributed by atoms with Crippen molar-refractivity contribution in [2.75, 3.05) is 27.3 Å². The van der Waals surface area contributed by atoms with Crippen molar-refractivity contribution in [3.63, 3.8) is 0 Å². The first kappa shape index (κ1) is 37.5. The lowest BCUT2D eigenvalue weighted by Crippen LogP contribution is -2.47. The summed E-state index contributed by atoms with van der Waals surface area (Å²) >= 11 is 0. The van der Waals surface area contributed by atoms with Gasteiger partial charge in [0.15, 0.2) is 0 Å². The van der Waals surface area contributed by atoms with Gasteiger partial charge >= 0.3 is 12.2 Å². The van der Waals surface area contributed by atoms with E-state index in [9.17, 15) is 19.2 Å². The van der Waals surface area contributed by atoms with E-state index in [1.54, 1.807) is 18.7 Å². The number of hydrogen-bond donors (Lipinski definition) is 4. The van der Waals surface area contributed by atoms with Crippen molar-refractivity contribution in [1.29, 1.82) is 0 Å². The van der Waals surface area contributed by atoms with Gasteiger partial charge in [-0.25, -0.2) is 19.6 Å². The quantitative estimate of drug-likeness (QED) is 0.166. The summed E-state index contributed by atoms with van der Waals surface area (Å²) in [6.07, 6.45) is 12.2. The molecular formula is C41H51N9O6. The summed E-state index contributed by atoms with van der Waals surface area (Å²) in [4.78, 5) is 75.4. The van der Waals surface area contributed by atoms with Crippen molar-refractivity contribution in [3.8, 4) is 11.3 Å². The van der Waals surface area contributed by atoms with Gasteiger partial charge in [0.25, 0.3) is 0 Å². The SMILES string of the molecule is COC(=O)NC(C)C(=O)N1CCCC1c1ncc(-c2ccc3nc(C45CCC(c6cnc(C7CCCN7C(=O)C(C)NC(=O)OC)[nH]6)(CC4)CC5)ccc3c2)[nH]1. The van der Waals surface area contributed by atoms with Gasteiger partial charge in [-0.15, -0.1) is 0 Å². The fourth-order valence-corrected chi connectivity index (χ4v) is 9.71. The van der Waals surface area contributed by atoms with Crippen LogP contribution in [0.25, 0.3) is 22.2 Å². The molecule has 2 saturated heterocycles. The summed E-state index contributed by atoms with van der Waals surface area (Å²) in [7, 11) is 2.57. The second kappa shape index (κ2) is 14.9. The number of rotatable bonds is 9. The van der Waals surface area contributed by atoms with Crippen molar-refractivity contribution in [2.45, 2.75) is 113 Å². The maximum Gasteiger partial charge on any atom is 0.407 e. The highest BCUT2D eigenvalue weighted by Gasteiger charge is 2.52. The van der Waals surface area contributed by atoms with Crippen molar-refractivity contribution in [3.05, 3.63) is 65.8 Å². The Hall–Kier alpha value is -5.47. The van der Waals surface area contributed by atoms with E-state index in [2.05, 4.69) is 65.4 Å². The summed E-state index contributed by atoms with van der Waals surface area (Å²) in [5.41, 5.74) is 5.25. The minimum atomic E-state index is -0.702. The Bertz CT molecular complexity index is 2120. The van der Waals surface area contributed by atoms with Gasteiger partial charge < -0.3 is 39.9 Å². The number of pyridine rings is 1. The van der Waals surface area contributed by atoms with Gasteiger partial charge in [0.05, 0.1) is 43.7 Å². The zero-order valence-corrected chi connectivity index (χ0v) is 32.5. The van der Waals surface area contributed by atoms with E-state index in [1.807, 2.05) is 17.3 Å². The van der Waals surface area contributed by atoms with Crippen LogP contribution < -0.4 is 10.6 Å². The van der Waals surface area contributed by atoms with E-state index in [4.69, 9.17) is 9.97 Å². The molecule has 2 bridgehead atoms. The Morgan fingerprint density at radius 3 is 1.89 bits per heavy atom. The van der Waals surface area contributed by atoms with Crippen LogP contribution in [0.4, 0.5) is 9.59 Å². The number of aromatic nitrogens is 5. The van der Waals surface area contributed by atoms with Crippen LogP contribution in [0.15, 0.2) is 42.7 Å². The second-order valence-electron chi connectivity index (χ2n) is 16.1. The van der Waals surface area contributed by atoms with E-state index in [0.717, 1.165) is 104 Å². The third kappa shape index (κ3) is 6.74. The molecule has 3 saturated carbocycles. The molecule has 4 amide bonds. The maximum atomic E-state index is 13.3. The molecule has 15 heteroatoms. The minimum absolute atomic E-state index is 0.0376. The molecular weight excluding hydrogens is 715 g/mol. The van der Waals surface area contributed by atoms with Gasteiger partial charge in [0, 0.05) is 52.5 Å². The number of carbonyl (C=O) groups excluding carboxylic acids is 4. The van der Waals surface area contributed by atoms with E-state index >= 15 is 0 Å². The summed E-state index contributed by atoms with van der Waals surface area (Å²) in [5, 5.41) is 6.23. The molecule has 296 valence electrons. The molecule has 9 rings (SSSR count). The molecule has 56 heavy (non-hydrogen) atoms. The molecule has 3 aliphatic carbocycles. The molecule has 5 heterocycles. The number of aromatic amines is 2. The average Bonchev–Trinajstić information content (AvgIpc) is 4.07. The number of carbonyl (C=O) groups is 4. The normalized spacial score (nSPS) is 25.6. The summed E-state index contributed by atoms with van der Waals surface area (Å²) in [6.45, 7) is 4.58. The van der Waals surface area contributed by atoms with Gasteiger partial charge in [-0.1, -0.05) is 12.1 Å². The smallest absolute Gasteiger partial charge is 0.407 e. The molecule has 3 aromatic heterocycles. The maximum absolute atomic E-state index is 13.3. The second-order valence-corrected chi connectivity index (χ2v) is 16.1. The van der Waals surface area contributed by atoms with Crippen molar-refractivity contribution in [1.82, 2.24) is 45.4 Å². The number of likely N-dealkylation sites (tertiary alicyclic amines) is 2. The zero-order valence-electron chi connectivity index (χ0n) is 32.5. The topological polar surface area (TPSA) is 188 Å². The van der Waals surface area contributed by atoms with Crippen LogP contribution in [0.3, 0.4) is 0 Å². The summed E-state index contributed by atoms with van der Waals surface area (Å²) in [5.74, 6) is 1.26. The van der Waals surface area contributed by atoms with Crippen molar-refractivity contribution < 1.29 is 28.7 Å². The average molecular weight is 766 g/mol. The predicted molar refractivity (Wildman–Crippen MR) is 206 cm³/mol. The lowest BCUT2D eigenvalue weighted by Gasteiger charge is -2.53. The molecule has 0 spiro atoms. The molecule has 5 fully saturated rings. The lowest BCUT2D eigenvalue weighted by molar-refractivity contribution is -0.134. The first-order valence-electron chi connectivity index (χ1n) is 19.8. The van der Waals surface area contributed by atoms with Crippen LogP contribution >= 0.6 is 0 Å². The Labute approximate surface area is 325 Å². The number of alkyl carbamates (subject to hydrolysis) is 2. The first-order valence-corrected chi connectivity index (χ1v) is 19.8. The standard InChI is InChI=1S/C41H51N9O6/c1-24(44-38(53)55-3)36(51)49-19-5-7-30(49)34-42-22-29(47-34)27-9-11-28-26(21-27)10-12-32(46-28)40-13-16-41(17-14-40,18-15-40)33-23-43-35(48-33)31-8-6-20-50(31)37(52)25(2)45-39(54)56-4/h9-12,21-25,30-31H,5-8,13-20H2,1-4H3,(H,42,47)(H,43,48)(H,44,53)(H,45,54). The number of hydrogen-bond acceptors (Lipinski definition) is 9. The Morgan fingerprint density at radius 2 is 1.30 bits per heavy atom. The van der Waals surface area contributed by atoms with Crippen LogP contribution in [-0.2, 0) is 29.9 Å². The molecule has 0 radical (unpaired) electrons. The van der Waals surface area contributed by atoms with Gasteiger partial charge in [-0.3, -0.25) is 14.6 Å². The van der Waals surface area contributed by atoms with Crippen LogP contribution in [0, 0.1) is 0 Å². The highest BCUT2D eigenvalue weighted by atomic mass is 16.5. The van der Waals surface area contributed by atoms with E-state index in [-0.39, 0.29) is 34.7 Å². The van der Waals surface area contributed by atoms with E-state index < -0.39 is 24.3 Å². The van der Waals surface area contributed by atoms with Gasteiger partial charge in [0.2, 0.25) is 11.8 Å². The summed E-state index contributed by atoms with van der Waals surface area (Å²) < 4.78 is 9.35. The fraction of sp³-hybridized carbons (Fsp3) is 0.537. The number of ether oxygens (including phenoxy) is 2. The molecule has 4 unspecified atom stereocenters. The molecule has 2 aliphatic heterocycles. The predicted octanol–water partition coefficient (Wildman–Crippen LogP) is 5.71. The third-order valence-corrected chi connectivity index (χ3v) is 13.0. The highest BCUT2D eigenvalue weighted by molar-refractivity contribution is 5.87. The Morgan fingerprint density at radius 1 is 0.750 bits per heavy atom. The zero-order chi connectivity index (χ0) is 39.2. The molecule has 4 aromatic rings. The van der Waals surface area contributed by atoms with Crippen LogP contribution in [0.1, 0.15) is 113 Å². The molecule has 15 nitrogen and oxygen atoms in total. The van der Waals surface area contributed by atoms with Crippen molar-refractivity contribution >= 4 is 34.9 Å². The molecule has 4 N–H and O–H groups in total. The third-order valence-electron chi connectivity index (χ3n) is 13.0. The van der Waals surface area contributed by atoms with Crippen LogP contribution in [-0.4, -0.2) is 98.1 Å².